The zero-order chi connectivity index (χ0) is 18.2. The molecule has 1 N–H and O–H groups in total. The standard InChI is InChI=1S/C19H28N2O3/c1-6-11-19(5,23-8-3)18(22)21-17-10-9-16(12-15(17)13-20)24-14(4)7-2/h9-10,12,14H,6-8,11H2,1-5H3,(H,21,22). The summed E-state index contributed by atoms with van der Waals surface area (Å²) in [5, 5.41) is 12.2. The first-order valence-electron chi connectivity index (χ1n) is 8.56. The molecule has 132 valence electrons. The van der Waals surface area contributed by atoms with Crippen LogP contribution in [0.4, 0.5) is 5.69 Å². The Morgan fingerprint density at radius 2 is 2.08 bits per heavy atom. The third-order valence-electron chi connectivity index (χ3n) is 3.94. The van der Waals surface area contributed by atoms with Gasteiger partial charge in [0.1, 0.15) is 17.4 Å². The first-order valence-corrected chi connectivity index (χ1v) is 8.56. The predicted molar refractivity (Wildman–Crippen MR) is 95.1 cm³/mol. The van der Waals surface area contributed by atoms with E-state index >= 15 is 0 Å². The van der Waals surface area contributed by atoms with Crippen LogP contribution >= 0.6 is 0 Å². The molecule has 5 nitrogen and oxygen atoms in total. The molecule has 0 radical (unpaired) electrons. The molecule has 0 saturated heterocycles. The largest absolute Gasteiger partial charge is 0.491 e. The van der Waals surface area contributed by atoms with Gasteiger partial charge < -0.3 is 14.8 Å². The van der Waals surface area contributed by atoms with Gasteiger partial charge in [0.15, 0.2) is 0 Å². The molecule has 0 heterocycles. The number of rotatable bonds is 9. The van der Waals surface area contributed by atoms with Crippen molar-refractivity contribution in [2.75, 3.05) is 11.9 Å². The van der Waals surface area contributed by atoms with Crippen LogP contribution in [0.2, 0.25) is 0 Å². The number of nitrogens with one attached hydrogen (secondary N) is 1. The van der Waals surface area contributed by atoms with E-state index in [-0.39, 0.29) is 12.0 Å². The minimum Gasteiger partial charge on any atom is -0.491 e. The molecule has 5 heteroatoms. The summed E-state index contributed by atoms with van der Waals surface area (Å²) in [6.07, 6.45) is 2.40. The van der Waals surface area contributed by atoms with Crippen molar-refractivity contribution in [2.24, 2.45) is 0 Å². The lowest BCUT2D eigenvalue weighted by atomic mass is 9.98. The van der Waals surface area contributed by atoms with Gasteiger partial charge in [0.25, 0.3) is 5.91 Å². The second-order valence-corrected chi connectivity index (χ2v) is 6.02. The molecule has 2 unspecified atom stereocenters. The van der Waals surface area contributed by atoms with Gasteiger partial charge in [-0.2, -0.15) is 5.26 Å². The number of nitrogens with zero attached hydrogens (tertiary/aromatic N) is 1. The van der Waals surface area contributed by atoms with Gasteiger partial charge in [-0.3, -0.25) is 4.79 Å². The van der Waals surface area contributed by atoms with E-state index in [9.17, 15) is 10.1 Å². The van der Waals surface area contributed by atoms with E-state index in [0.717, 1.165) is 12.8 Å². The summed E-state index contributed by atoms with van der Waals surface area (Å²) in [7, 11) is 0. The third-order valence-corrected chi connectivity index (χ3v) is 3.94. The highest BCUT2D eigenvalue weighted by Gasteiger charge is 2.33. The Morgan fingerprint density at radius 1 is 1.38 bits per heavy atom. The summed E-state index contributed by atoms with van der Waals surface area (Å²) in [6, 6.07) is 7.23. The molecular weight excluding hydrogens is 304 g/mol. The maximum absolute atomic E-state index is 12.6. The van der Waals surface area contributed by atoms with Gasteiger partial charge in [0.2, 0.25) is 0 Å². The Hall–Kier alpha value is -2.06. The minimum absolute atomic E-state index is 0.0720. The normalized spacial score (nSPS) is 14.3. The molecule has 2 atom stereocenters. The Kier molecular flexibility index (Phi) is 7.73. The zero-order valence-electron chi connectivity index (χ0n) is 15.3. The van der Waals surface area contributed by atoms with Gasteiger partial charge in [-0.1, -0.05) is 20.3 Å². The van der Waals surface area contributed by atoms with Crippen molar-refractivity contribution in [2.45, 2.75) is 65.6 Å². The lowest BCUT2D eigenvalue weighted by Gasteiger charge is -2.28. The van der Waals surface area contributed by atoms with Gasteiger partial charge in [-0.25, -0.2) is 0 Å². The van der Waals surface area contributed by atoms with E-state index in [1.54, 1.807) is 25.1 Å². The maximum Gasteiger partial charge on any atom is 0.256 e. The van der Waals surface area contributed by atoms with Crippen molar-refractivity contribution in [3.05, 3.63) is 23.8 Å². The Labute approximate surface area is 145 Å². The number of hydrogen-bond acceptors (Lipinski definition) is 4. The van der Waals surface area contributed by atoms with Crippen molar-refractivity contribution in [3.8, 4) is 11.8 Å². The highest BCUT2D eigenvalue weighted by molar-refractivity contribution is 5.98. The number of hydrogen-bond donors (Lipinski definition) is 1. The van der Waals surface area contributed by atoms with Crippen molar-refractivity contribution < 1.29 is 14.3 Å². The van der Waals surface area contributed by atoms with Crippen LogP contribution in [0.3, 0.4) is 0 Å². The topological polar surface area (TPSA) is 71.3 Å². The Morgan fingerprint density at radius 3 is 2.62 bits per heavy atom. The number of amides is 1. The highest BCUT2D eigenvalue weighted by atomic mass is 16.5. The van der Waals surface area contributed by atoms with Crippen molar-refractivity contribution >= 4 is 11.6 Å². The van der Waals surface area contributed by atoms with Gasteiger partial charge >= 0.3 is 0 Å². The zero-order valence-corrected chi connectivity index (χ0v) is 15.3. The van der Waals surface area contributed by atoms with Crippen LogP contribution in [-0.4, -0.2) is 24.2 Å². The average molecular weight is 332 g/mol. The minimum atomic E-state index is -0.901. The van der Waals surface area contributed by atoms with Crippen molar-refractivity contribution in [3.63, 3.8) is 0 Å². The summed E-state index contributed by atoms with van der Waals surface area (Å²) in [5.74, 6) is 0.387. The fraction of sp³-hybridized carbons (Fsp3) is 0.579. The van der Waals surface area contributed by atoms with E-state index in [4.69, 9.17) is 9.47 Å². The summed E-state index contributed by atoms with van der Waals surface area (Å²) in [4.78, 5) is 12.6. The third kappa shape index (κ3) is 5.24. The molecule has 0 spiro atoms. The van der Waals surface area contributed by atoms with Gasteiger partial charge in [-0.05, 0) is 45.7 Å². The Bertz CT molecular complexity index is 587. The lowest BCUT2D eigenvalue weighted by Crippen LogP contribution is -2.42. The average Bonchev–Trinajstić information content (AvgIpc) is 2.56. The fourth-order valence-electron chi connectivity index (χ4n) is 2.42. The summed E-state index contributed by atoms with van der Waals surface area (Å²) in [5.41, 5.74) is -0.0530. The monoisotopic (exact) mass is 332 g/mol. The summed E-state index contributed by atoms with van der Waals surface area (Å²) in [6.45, 7) is 10.1. The van der Waals surface area contributed by atoms with Crippen LogP contribution in [-0.2, 0) is 9.53 Å². The Balaban J connectivity index is 2.97. The SMILES string of the molecule is CCCC(C)(OCC)C(=O)Nc1ccc(OC(C)CC)cc1C#N. The first kappa shape index (κ1) is 20.0. The smallest absolute Gasteiger partial charge is 0.256 e. The molecular formula is C19H28N2O3. The van der Waals surface area contributed by atoms with Crippen LogP contribution in [0.25, 0.3) is 0 Å². The molecule has 1 aromatic carbocycles. The summed E-state index contributed by atoms with van der Waals surface area (Å²) >= 11 is 0. The molecule has 1 rings (SSSR count). The van der Waals surface area contributed by atoms with E-state index in [1.807, 2.05) is 27.7 Å². The van der Waals surface area contributed by atoms with E-state index in [2.05, 4.69) is 11.4 Å². The quantitative estimate of drug-likeness (QED) is 0.733. The van der Waals surface area contributed by atoms with Crippen LogP contribution < -0.4 is 10.1 Å². The van der Waals surface area contributed by atoms with Gasteiger partial charge in [0, 0.05) is 12.7 Å². The van der Waals surface area contributed by atoms with Crippen LogP contribution in [0, 0.1) is 11.3 Å². The lowest BCUT2D eigenvalue weighted by molar-refractivity contribution is -0.139. The predicted octanol–water partition coefficient (Wildman–Crippen LogP) is 4.27. The second-order valence-electron chi connectivity index (χ2n) is 6.02. The number of anilines is 1. The number of carbonyl (C=O) groups is 1. The van der Waals surface area contributed by atoms with Crippen molar-refractivity contribution in [1.29, 1.82) is 5.26 Å². The number of ether oxygens (including phenoxy) is 2. The number of nitriles is 1. The molecule has 1 amide bonds. The molecule has 0 aliphatic carbocycles. The number of carbonyl (C=O) groups excluding carboxylic acids is 1. The highest BCUT2D eigenvalue weighted by Crippen LogP contribution is 2.26. The van der Waals surface area contributed by atoms with Crippen LogP contribution in [0.5, 0.6) is 5.75 Å². The van der Waals surface area contributed by atoms with Gasteiger partial charge in [-0.15, -0.1) is 0 Å². The van der Waals surface area contributed by atoms with Gasteiger partial charge in [0.05, 0.1) is 17.4 Å². The maximum atomic E-state index is 12.6. The van der Waals surface area contributed by atoms with Crippen molar-refractivity contribution in [1.82, 2.24) is 0 Å². The fourth-order valence-corrected chi connectivity index (χ4v) is 2.42. The second kappa shape index (κ2) is 9.29. The molecule has 24 heavy (non-hydrogen) atoms. The first-order chi connectivity index (χ1) is 11.4. The molecule has 0 aliphatic heterocycles. The van der Waals surface area contributed by atoms with E-state index in [1.165, 1.54) is 0 Å². The van der Waals surface area contributed by atoms with E-state index in [0.29, 0.717) is 30.0 Å². The number of benzene rings is 1. The molecule has 0 aliphatic rings. The molecule has 0 fully saturated rings. The molecule has 0 saturated carbocycles. The summed E-state index contributed by atoms with van der Waals surface area (Å²) < 4.78 is 11.4. The van der Waals surface area contributed by atoms with E-state index < -0.39 is 5.60 Å². The molecule has 0 aromatic heterocycles. The van der Waals surface area contributed by atoms with Crippen LogP contribution in [0.15, 0.2) is 18.2 Å². The molecule has 0 bridgehead atoms. The van der Waals surface area contributed by atoms with Crippen LogP contribution in [0.1, 0.15) is 59.4 Å². The molecule has 1 aromatic rings.